The molecule has 1 aromatic rings. The van der Waals surface area contributed by atoms with Gasteiger partial charge in [0.25, 0.3) is 0 Å². The van der Waals surface area contributed by atoms with Gasteiger partial charge >= 0.3 is 0 Å². The van der Waals surface area contributed by atoms with Crippen LogP contribution in [0.15, 0.2) is 24.3 Å². The summed E-state index contributed by atoms with van der Waals surface area (Å²) in [5.41, 5.74) is 0.734. The summed E-state index contributed by atoms with van der Waals surface area (Å²) in [6.07, 6.45) is 6.96. The minimum Gasteiger partial charge on any atom is -0.495 e. The fourth-order valence-electron chi connectivity index (χ4n) is 2.66. The normalized spacial score (nSPS) is 15.8. The van der Waals surface area contributed by atoms with Crippen LogP contribution in [0.3, 0.4) is 0 Å². The standard InChI is InChI=1S/C16H24N2O2/c1-20-15-10-6-5-9-14(15)18-16(19)11-12-17-13-7-3-2-4-8-13/h5-6,9-10,13,17H,2-4,7-8,11-12H2,1H3,(H,18,19). The first-order valence-electron chi connectivity index (χ1n) is 7.46. The van der Waals surface area contributed by atoms with E-state index < -0.39 is 0 Å². The minimum absolute atomic E-state index is 0.0257. The monoisotopic (exact) mass is 276 g/mol. The van der Waals surface area contributed by atoms with Crippen molar-refractivity contribution in [2.24, 2.45) is 0 Å². The van der Waals surface area contributed by atoms with Gasteiger partial charge in [0.2, 0.25) is 5.91 Å². The third-order valence-corrected chi connectivity index (χ3v) is 3.77. The van der Waals surface area contributed by atoms with Crippen LogP contribution in [0.2, 0.25) is 0 Å². The van der Waals surface area contributed by atoms with Gasteiger partial charge in [-0.15, -0.1) is 0 Å². The number of para-hydroxylation sites is 2. The number of hydrogen-bond donors (Lipinski definition) is 2. The summed E-state index contributed by atoms with van der Waals surface area (Å²) >= 11 is 0. The highest BCUT2D eigenvalue weighted by Crippen LogP contribution is 2.23. The molecule has 1 aliphatic rings. The second-order valence-electron chi connectivity index (χ2n) is 5.29. The minimum atomic E-state index is 0.0257. The Bertz CT molecular complexity index is 428. The predicted octanol–water partition coefficient (Wildman–Crippen LogP) is 2.95. The molecule has 0 unspecified atom stereocenters. The van der Waals surface area contributed by atoms with Crippen molar-refractivity contribution in [2.75, 3.05) is 19.0 Å². The molecule has 1 fully saturated rings. The van der Waals surface area contributed by atoms with E-state index in [0.717, 1.165) is 12.2 Å². The van der Waals surface area contributed by atoms with Crippen LogP contribution in [-0.2, 0) is 4.79 Å². The Kier molecular flexibility index (Phi) is 5.87. The second kappa shape index (κ2) is 7.90. The molecule has 0 heterocycles. The van der Waals surface area contributed by atoms with Gasteiger partial charge in [-0.25, -0.2) is 0 Å². The molecule has 0 radical (unpaired) electrons. The molecule has 0 bridgehead atoms. The average molecular weight is 276 g/mol. The first kappa shape index (κ1) is 14.9. The molecule has 20 heavy (non-hydrogen) atoms. The zero-order chi connectivity index (χ0) is 14.2. The first-order chi connectivity index (χ1) is 9.79. The van der Waals surface area contributed by atoms with Gasteiger partial charge in [-0.3, -0.25) is 4.79 Å². The van der Waals surface area contributed by atoms with E-state index in [1.807, 2.05) is 24.3 Å². The van der Waals surface area contributed by atoms with Gasteiger partial charge in [-0.05, 0) is 25.0 Å². The first-order valence-corrected chi connectivity index (χ1v) is 7.46. The van der Waals surface area contributed by atoms with Crippen LogP contribution in [0, 0.1) is 0 Å². The zero-order valence-corrected chi connectivity index (χ0v) is 12.2. The third kappa shape index (κ3) is 4.53. The highest BCUT2D eigenvalue weighted by atomic mass is 16.5. The van der Waals surface area contributed by atoms with E-state index in [0.29, 0.717) is 18.2 Å². The van der Waals surface area contributed by atoms with Gasteiger partial charge in [-0.2, -0.15) is 0 Å². The molecule has 1 aromatic carbocycles. The molecule has 1 amide bonds. The number of methoxy groups -OCH3 is 1. The van der Waals surface area contributed by atoms with Crippen LogP contribution in [0.4, 0.5) is 5.69 Å². The van der Waals surface area contributed by atoms with E-state index in [1.54, 1.807) is 7.11 Å². The fourth-order valence-corrected chi connectivity index (χ4v) is 2.66. The Balaban J connectivity index is 1.72. The maximum atomic E-state index is 11.9. The maximum absolute atomic E-state index is 11.9. The van der Waals surface area contributed by atoms with Crippen molar-refractivity contribution in [2.45, 2.75) is 44.6 Å². The number of benzene rings is 1. The second-order valence-corrected chi connectivity index (χ2v) is 5.29. The van der Waals surface area contributed by atoms with Crippen molar-refractivity contribution in [3.8, 4) is 5.75 Å². The Morgan fingerprint density at radius 3 is 2.75 bits per heavy atom. The zero-order valence-electron chi connectivity index (χ0n) is 12.2. The van der Waals surface area contributed by atoms with Gasteiger partial charge in [0.1, 0.15) is 5.75 Å². The molecular formula is C16H24N2O2. The van der Waals surface area contributed by atoms with Crippen LogP contribution >= 0.6 is 0 Å². The number of amides is 1. The number of hydrogen-bond acceptors (Lipinski definition) is 3. The van der Waals surface area contributed by atoms with E-state index in [1.165, 1.54) is 32.1 Å². The van der Waals surface area contributed by atoms with E-state index >= 15 is 0 Å². The number of nitrogens with one attached hydrogen (secondary N) is 2. The van der Waals surface area contributed by atoms with Crippen molar-refractivity contribution < 1.29 is 9.53 Å². The number of rotatable bonds is 6. The lowest BCUT2D eigenvalue weighted by atomic mass is 9.95. The van der Waals surface area contributed by atoms with Gasteiger partial charge in [-0.1, -0.05) is 31.4 Å². The van der Waals surface area contributed by atoms with Crippen LogP contribution in [-0.4, -0.2) is 25.6 Å². The van der Waals surface area contributed by atoms with Gasteiger partial charge in [0.05, 0.1) is 12.8 Å². The number of carbonyl (C=O) groups is 1. The third-order valence-electron chi connectivity index (χ3n) is 3.77. The molecule has 2 rings (SSSR count). The molecule has 0 aliphatic heterocycles. The Morgan fingerprint density at radius 2 is 2.00 bits per heavy atom. The molecule has 4 heteroatoms. The molecule has 0 atom stereocenters. The Hall–Kier alpha value is -1.55. The van der Waals surface area contributed by atoms with E-state index in [4.69, 9.17) is 4.74 Å². The molecule has 1 saturated carbocycles. The van der Waals surface area contributed by atoms with Crippen LogP contribution in [0.25, 0.3) is 0 Å². The Morgan fingerprint density at radius 1 is 1.25 bits per heavy atom. The number of ether oxygens (including phenoxy) is 1. The summed E-state index contributed by atoms with van der Waals surface area (Å²) in [5, 5.41) is 6.37. The topological polar surface area (TPSA) is 50.4 Å². The quantitative estimate of drug-likeness (QED) is 0.840. The van der Waals surface area contributed by atoms with Crippen molar-refractivity contribution >= 4 is 11.6 Å². The highest BCUT2D eigenvalue weighted by molar-refractivity contribution is 5.92. The van der Waals surface area contributed by atoms with Crippen molar-refractivity contribution in [1.82, 2.24) is 5.32 Å². The van der Waals surface area contributed by atoms with E-state index in [9.17, 15) is 4.79 Å². The summed E-state index contributed by atoms with van der Waals surface area (Å²) in [6.45, 7) is 0.742. The van der Waals surface area contributed by atoms with Crippen LogP contribution < -0.4 is 15.4 Å². The van der Waals surface area contributed by atoms with Gasteiger partial charge in [0, 0.05) is 19.0 Å². The summed E-state index contributed by atoms with van der Waals surface area (Å²) in [6, 6.07) is 8.07. The van der Waals surface area contributed by atoms with Gasteiger partial charge < -0.3 is 15.4 Å². The van der Waals surface area contributed by atoms with E-state index in [-0.39, 0.29) is 5.91 Å². The molecule has 1 aliphatic carbocycles. The smallest absolute Gasteiger partial charge is 0.225 e. The highest BCUT2D eigenvalue weighted by Gasteiger charge is 2.13. The van der Waals surface area contributed by atoms with Crippen molar-refractivity contribution in [3.63, 3.8) is 0 Å². The van der Waals surface area contributed by atoms with Gasteiger partial charge in [0.15, 0.2) is 0 Å². The largest absolute Gasteiger partial charge is 0.495 e. The maximum Gasteiger partial charge on any atom is 0.225 e. The number of carbonyl (C=O) groups excluding carboxylic acids is 1. The lowest BCUT2D eigenvalue weighted by molar-refractivity contribution is -0.116. The molecule has 0 saturated heterocycles. The molecule has 2 N–H and O–H groups in total. The summed E-state index contributed by atoms with van der Waals surface area (Å²) in [7, 11) is 1.61. The van der Waals surface area contributed by atoms with Crippen LogP contribution in [0.5, 0.6) is 5.75 Å². The summed E-state index contributed by atoms with van der Waals surface area (Å²) in [4.78, 5) is 11.9. The van der Waals surface area contributed by atoms with E-state index in [2.05, 4.69) is 10.6 Å². The average Bonchev–Trinajstić information content (AvgIpc) is 2.49. The Labute approximate surface area is 120 Å². The fraction of sp³-hybridized carbons (Fsp3) is 0.562. The summed E-state index contributed by atoms with van der Waals surface area (Å²) in [5.74, 6) is 0.721. The lowest BCUT2D eigenvalue weighted by Crippen LogP contribution is -2.33. The van der Waals surface area contributed by atoms with Crippen molar-refractivity contribution in [1.29, 1.82) is 0 Å². The van der Waals surface area contributed by atoms with Crippen LogP contribution in [0.1, 0.15) is 38.5 Å². The molecule has 4 nitrogen and oxygen atoms in total. The molecule has 0 aromatic heterocycles. The summed E-state index contributed by atoms with van der Waals surface area (Å²) < 4.78 is 5.22. The molecule has 0 spiro atoms. The van der Waals surface area contributed by atoms with Crippen molar-refractivity contribution in [3.05, 3.63) is 24.3 Å². The SMILES string of the molecule is COc1ccccc1NC(=O)CCNC1CCCCC1. The molecular weight excluding hydrogens is 252 g/mol. The molecule has 110 valence electrons. The lowest BCUT2D eigenvalue weighted by Gasteiger charge is -2.22. The number of anilines is 1. The predicted molar refractivity (Wildman–Crippen MR) is 81.1 cm³/mol.